The third kappa shape index (κ3) is 4.99. The van der Waals surface area contributed by atoms with Crippen molar-refractivity contribution in [1.82, 2.24) is 9.97 Å². The summed E-state index contributed by atoms with van der Waals surface area (Å²) < 4.78 is 4.98. The minimum Gasteiger partial charge on any atom is -0.385 e. The van der Waals surface area contributed by atoms with Gasteiger partial charge in [-0.05, 0) is 19.4 Å². The van der Waals surface area contributed by atoms with Crippen LogP contribution in [0.4, 0.5) is 5.95 Å². The second-order valence-electron chi connectivity index (χ2n) is 2.94. The van der Waals surface area contributed by atoms with Gasteiger partial charge in [-0.3, -0.25) is 0 Å². The molecule has 1 rings (SSSR count). The minimum atomic E-state index is 0.703. The summed E-state index contributed by atoms with van der Waals surface area (Å²) in [7, 11) is 1.72. The van der Waals surface area contributed by atoms with E-state index in [1.54, 1.807) is 25.1 Å². The second kappa shape index (κ2) is 7.48. The van der Waals surface area contributed by atoms with Crippen LogP contribution in [0.15, 0.2) is 17.3 Å². The van der Waals surface area contributed by atoms with Crippen LogP contribution >= 0.6 is 11.8 Å². The Morgan fingerprint density at radius 2 is 2.40 bits per heavy atom. The molecule has 84 valence electrons. The van der Waals surface area contributed by atoms with Gasteiger partial charge in [0.05, 0.1) is 0 Å². The first kappa shape index (κ1) is 12.3. The van der Waals surface area contributed by atoms with Gasteiger partial charge in [-0.1, -0.05) is 0 Å². The van der Waals surface area contributed by atoms with Crippen LogP contribution in [-0.2, 0) is 4.74 Å². The summed E-state index contributed by atoms with van der Waals surface area (Å²) in [6.45, 7) is 3.68. The molecule has 1 aromatic heterocycles. The first-order valence-electron chi connectivity index (χ1n) is 5.05. The normalized spacial score (nSPS) is 10.3. The Bertz CT molecular complexity index is 283. The van der Waals surface area contributed by atoms with Crippen LogP contribution in [0.5, 0.6) is 0 Å². The number of hydrogen-bond acceptors (Lipinski definition) is 5. The molecule has 0 aliphatic carbocycles. The maximum atomic E-state index is 4.98. The zero-order valence-corrected chi connectivity index (χ0v) is 10.0. The van der Waals surface area contributed by atoms with Crippen molar-refractivity contribution in [3.05, 3.63) is 12.3 Å². The SMILES string of the molecule is CCNc1nccc(SCCCOC)n1. The molecule has 0 unspecified atom stereocenters. The molecule has 1 aromatic rings. The molecule has 0 aromatic carbocycles. The lowest BCUT2D eigenvalue weighted by Crippen LogP contribution is -2.02. The molecule has 0 fully saturated rings. The Kier molecular flexibility index (Phi) is 6.11. The van der Waals surface area contributed by atoms with E-state index in [0.717, 1.165) is 30.4 Å². The highest BCUT2D eigenvalue weighted by Gasteiger charge is 1.98. The first-order chi connectivity index (χ1) is 7.36. The average molecular weight is 227 g/mol. The Morgan fingerprint density at radius 1 is 1.53 bits per heavy atom. The number of ether oxygens (including phenoxy) is 1. The predicted octanol–water partition coefficient (Wildman–Crippen LogP) is 2.04. The van der Waals surface area contributed by atoms with Gasteiger partial charge in [-0.15, -0.1) is 11.8 Å². The monoisotopic (exact) mass is 227 g/mol. The Morgan fingerprint density at radius 3 is 3.13 bits per heavy atom. The zero-order valence-electron chi connectivity index (χ0n) is 9.19. The van der Waals surface area contributed by atoms with Crippen molar-refractivity contribution in [2.75, 3.05) is 31.3 Å². The van der Waals surface area contributed by atoms with E-state index in [2.05, 4.69) is 15.3 Å². The summed E-state index contributed by atoms with van der Waals surface area (Å²) in [5, 5.41) is 4.10. The van der Waals surface area contributed by atoms with E-state index < -0.39 is 0 Å². The molecule has 5 heteroatoms. The lowest BCUT2D eigenvalue weighted by molar-refractivity contribution is 0.200. The maximum Gasteiger partial charge on any atom is 0.223 e. The number of thioether (sulfide) groups is 1. The number of nitrogens with zero attached hydrogens (tertiary/aromatic N) is 2. The fourth-order valence-electron chi connectivity index (χ4n) is 1.05. The van der Waals surface area contributed by atoms with Crippen molar-refractivity contribution in [2.24, 2.45) is 0 Å². The van der Waals surface area contributed by atoms with Gasteiger partial charge in [-0.2, -0.15) is 0 Å². The van der Waals surface area contributed by atoms with Crippen molar-refractivity contribution in [3.8, 4) is 0 Å². The van der Waals surface area contributed by atoms with Crippen LogP contribution < -0.4 is 5.32 Å². The number of hydrogen-bond donors (Lipinski definition) is 1. The average Bonchev–Trinajstić information content (AvgIpc) is 2.26. The fraction of sp³-hybridized carbons (Fsp3) is 0.600. The summed E-state index contributed by atoms with van der Waals surface area (Å²) in [5.74, 6) is 1.73. The third-order valence-electron chi connectivity index (χ3n) is 1.71. The van der Waals surface area contributed by atoms with Gasteiger partial charge in [-0.25, -0.2) is 9.97 Å². The van der Waals surface area contributed by atoms with Gasteiger partial charge in [0.25, 0.3) is 0 Å². The van der Waals surface area contributed by atoms with Gasteiger partial charge >= 0.3 is 0 Å². The van der Waals surface area contributed by atoms with Gasteiger partial charge < -0.3 is 10.1 Å². The smallest absolute Gasteiger partial charge is 0.223 e. The van der Waals surface area contributed by atoms with Crippen molar-refractivity contribution in [3.63, 3.8) is 0 Å². The second-order valence-corrected chi connectivity index (χ2v) is 4.06. The zero-order chi connectivity index (χ0) is 10.9. The number of nitrogens with one attached hydrogen (secondary N) is 1. The van der Waals surface area contributed by atoms with Crippen LogP contribution in [0.2, 0.25) is 0 Å². The van der Waals surface area contributed by atoms with Gasteiger partial charge in [0.1, 0.15) is 5.03 Å². The van der Waals surface area contributed by atoms with Crippen molar-refractivity contribution < 1.29 is 4.74 Å². The summed E-state index contributed by atoms with van der Waals surface area (Å²) in [6, 6.07) is 1.93. The summed E-state index contributed by atoms with van der Waals surface area (Å²) in [6.07, 6.45) is 2.82. The molecule has 0 bridgehead atoms. The molecule has 1 heterocycles. The summed E-state index contributed by atoms with van der Waals surface area (Å²) >= 11 is 1.73. The van der Waals surface area contributed by atoms with Gasteiger partial charge in [0.2, 0.25) is 5.95 Å². The largest absolute Gasteiger partial charge is 0.385 e. The lowest BCUT2D eigenvalue weighted by atomic mass is 10.5. The summed E-state index contributed by atoms with van der Waals surface area (Å²) in [4.78, 5) is 8.47. The van der Waals surface area contributed by atoms with Gasteiger partial charge in [0, 0.05) is 32.2 Å². The van der Waals surface area contributed by atoms with E-state index in [1.807, 2.05) is 13.0 Å². The molecule has 4 nitrogen and oxygen atoms in total. The maximum absolute atomic E-state index is 4.98. The van der Waals surface area contributed by atoms with Crippen LogP contribution in [0.25, 0.3) is 0 Å². The molecule has 15 heavy (non-hydrogen) atoms. The molecule has 1 N–H and O–H groups in total. The molecular formula is C10H17N3OS. The van der Waals surface area contributed by atoms with E-state index in [0.29, 0.717) is 5.95 Å². The number of rotatable bonds is 7. The predicted molar refractivity (Wildman–Crippen MR) is 63.4 cm³/mol. The molecular weight excluding hydrogens is 210 g/mol. The Hall–Kier alpha value is -0.810. The van der Waals surface area contributed by atoms with E-state index in [1.165, 1.54) is 0 Å². The Balaban J connectivity index is 2.36. The lowest BCUT2D eigenvalue weighted by Gasteiger charge is -2.03. The molecule has 0 radical (unpaired) electrons. The van der Waals surface area contributed by atoms with Crippen molar-refractivity contribution in [1.29, 1.82) is 0 Å². The highest BCUT2D eigenvalue weighted by Crippen LogP contribution is 2.16. The molecule has 0 atom stereocenters. The highest BCUT2D eigenvalue weighted by molar-refractivity contribution is 7.99. The quantitative estimate of drug-likeness (QED) is 0.439. The van der Waals surface area contributed by atoms with Crippen molar-refractivity contribution >= 4 is 17.7 Å². The van der Waals surface area contributed by atoms with Crippen LogP contribution in [-0.4, -0.2) is 36.0 Å². The van der Waals surface area contributed by atoms with Crippen LogP contribution in [0.1, 0.15) is 13.3 Å². The first-order valence-corrected chi connectivity index (χ1v) is 6.04. The van der Waals surface area contributed by atoms with E-state index in [4.69, 9.17) is 4.74 Å². The third-order valence-corrected chi connectivity index (χ3v) is 2.72. The fourth-order valence-corrected chi connectivity index (χ4v) is 1.83. The minimum absolute atomic E-state index is 0.703. The molecule has 0 saturated heterocycles. The van der Waals surface area contributed by atoms with Crippen LogP contribution in [0.3, 0.4) is 0 Å². The molecule has 0 aliphatic rings. The highest BCUT2D eigenvalue weighted by atomic mass is 32.2. The number of aromatic nitrogens is 2. The molecule has 0 amide bonds. The Labute approximate surface area is 94.8 Å². The molecule has 0 spiro atoms. The van der Waals surface area contributed by atoms with E-state index in [9.17, 15) is 0 Å². The van der Waals surface area contributed by atoms with E-state index in [-0.39, 0.29) is 0 Å². The number of methoxy groups -OCH3 is 1. The number of anilines is 1. The van der Waals surface area contributed by atoms with Crippen LogP contribution in [0, 0.1) is 0 Å². The summed E-state index contributed by atoms with van der Waals surface area (Å²) in [5.41, 5.74) is 0. The van der Waals surface area contributed by atoms with E-state index >= 15 is 0 Å². The van der Waals surface area contributed by atoms with Crippen molar-refractivity contribution in [2.45, 2.75) is 18.4 Å². The standard InChI is InChI=1S/C10H17N3OS/c1-3-11-10-12-6-5-9(13-10)15-8-4-7-14-2/h5-6H,3-4,7-8H2,1-2H3,(H,11,12,13). The molecule has 0 aliphatic heterocycles. The molecule has 0 saturated carbocycles. The topological polar surface area (TPSA) is 47.0 Å². The van der Waals surface area contributed by atoms with Gasteiger partial charge in [0.15, 0.2) is 0 Å².